The van der Waals surface area contributed by atoms with Crippen molar-refractivity contribution in [3.05, 3.63) is 63.7 Å². The number of carboxylic acid groups (broad SMARTS) is 1. The van der Waals surface area contributed by atoms with E-state index < -0.39 is 23.5 Å². The monoisotopic (exact) mass is 496 g/mol. The van der Waals surface area contributed by atoms with Crippen LogP contribution >= 0.6 is 23.1 Å². The highest BCUT2D eigenvalue weighted by atomic mass is 32.2. The van der Waals surface area contributed by atoms with Crippen molar-refractivity contribution < 1.29 is 31.9 Å². The summed E-state index contributed by atoms with van der Waals surface area (Å²) in [6.07, 6.45) is -5.05. The topological polar surface area (TPSA) is 76.2 Å². The molecule has 0 amide bonds. The molecule has 2 aromatic heterocycles. The molecule has 0 radical (unpaired) electrons. The number of nitrogens with zero attached hydrogens (tertiary/aromatic N) is 2. The second-order valence-corrected chi connectivity index (χ2v) is 9.37. The van der Waals surface area contributed by atoms with Gasteiger partial charge in [0.25, 0.3) is 0 Å². The fourth-order valence-electron chi connectivity index (χ4n) is 3.17. The van der Waals surface area contributed by atoms with Crippen LogP contribution < -0.4 is 0 Å². The van der Waals surface area contributed by atoms with E-state index in [1.165, 1.54) is 29.2 Å². The third-order valence-electron chi connectivity index (χ3n) is 4.80. The first-order valence-corrected chi connectivity index (χ1v) is 11.4. The molecule has 0 aliphatic rings. The zero-order valence-electron chi connectivity index (χ0n) is 17.3. The summed E-state index contributed by atoms with van der Waals surface area (Å²) in [5, 5.41) is 9.35. The van der Waals surface area contributed by atoms with Crippen LogP contribution in [0.4, 0.5) is 17.6 Å². The number of alkyl halides is 3. The summed E-state index contributed by atoms with van der Waals surface area (Å²) in [7, 11) is 0. The van der Waals surface area contributed by atoms with Gasteiger partial charge in [0.1, 0.15) is 22.8 Å². The summed E-state index contributed by atoms with van der Waals surface area (Å²) < 4.78 is 57.9. The summed E-state index contributed by atoms with van der Waals surface area (Å²) in [6.45, 7) is 3.69. The smallest absolute Gasteiger partial charge is 0.419 e. The van der Waals surface area contributed by atoms with Gasteiger partial charge in [-0.05, 0) is 43.7 Å². The van der Waals surface area contributed by atoms with E-state index in [0.717, 1.165) is 27.5 Å². The molecule has 4 rings (SSSR count). The molecule has 0 aliphatic carbocycles. The van der Waals surface area contributed by atoms with E-state index in [0.29, 0.717) is 27.6 Å². The lowest BCUT2D eigenvalue weighted by molar-refractivity contribution is -0.140. The number of thioether (sulfide) groups is 1. The number of thiazole rings is 1. The van der Waals surface area contributed by atoms with Crippen LogP contribution in [0.25, 0.3) is 21.7 Å². The van der Waals surface area contributed by atoms with Gasteiger partial charge in [0.05, 0.1) is 11.3 Å². The van der Waals surface area contributed by atoms with Gasteiger partial charge in [0.2, 0.25) is 5.89 Å². The third-order valence-corrected chi connectivity index (χ3v) is 7.38. The van der Waals surface area contributed by atoms with E-state index in [1.807, 2.05) is 13.0 Å². The van der Waals surface area contributed by atoms with E-state index in [9.17, 15) is 22.4 Å². The molecule has 0 atom stereocenters. The molecular weight excluding hydrogens is 480 g/mol. The van der Waals surface area contributed by atoms with Crippen LogP contribution in [-0.2, 0) is 23.1 Å². The van der Waals surface area contributed by atoms with Crippen molar-refractivity contribution in [1.29, 1.82) is 0 Å². The van der Waals surface area contributed by atoms with Crippen molar-refractivity contribution >= 4 is 40.2 Å². The van der Waals surface area contributed by atoms with Crippen molar-refractivity contribution in [3.8, 4) is 10.6 Å². The predicted molar refractivity (Wildman–Crippen MR) is 117 cm³/mol. The number of aryl methyl sites for hydroxylation is 2. The van der Waals surface area contributed by atoms with Crippen LogP contribution in [0.3, 0.4) is 0 Å². The van der Waals surface area contributed by atoms with Crippen LogP contribution in [0.5, 0.6) is 0 Å². The SMILES string of the molecule is Cc1cc2oc(CC(=O)O)nc2cc1SCc1sc(-c2ccc(C(F)(F)F)c(F)c2)nc1C. The van der Waals surface area contributed by atoms with Gasteiger partial charge in [-0.1, -0.05) is 6.07 Å². The molecule has 5 nitrogen and oxygen atoms in total. The summed E-state index contributed by atoms with van der Waals surface area (Å²) in [5.74, 6) is -1.69. The Labute approximate surface area is 193 Å². The Balaban J connectivity index is 1.54. The fraction of sp³-hybridized carbons (Fsp3) is 0.227. The van der Waals surface area contributed by atoms with Crippen molar-refractivity contribution in [3.63, 3.8) is 0 Å². The van der Waals surface area contributed by atoms with E-state index >= 15 is 0 Å². The highest BCUT2D eigenvalue weighted by Gasteiger charge is 2.34. The Kier molecular flexibility index (Phi) is 6.19. The second kappa shape index (κ2) is 8.79. The molecule has 1 N–H and O–H groups in total. The minimum absolute atomic E-state index is 0.130. The number of aliphatic carboxylic acids is 1. The molecule has 2 heterocycles. The number of rotatable bonds is 6. The average molecular weight is 497 g/mol. The van der Waals surface area contributed by atoms with Gasteiger partial charge in [-0.2, -0.15) is 13.2 Å². The van der Waals surface area contributed by atoms with Gasteiger partial charge in [-0.15, -0.1) is 23.1 Å². The van der Waals surface area contributed by atoms with Gasteiger partial charge in [0, 0.05) is 21.1 Å². The summed E-state index contributed by atoms with van der Waals surface area (Å²) >= 11 is 2.81. The lowest BCUT2D eigenvalue weighted by Gasteiger charge is -2.08. The quantitative estimate of drug-likeness (QED) is 0.238. The summed E-state index contributed by atoms with van der Waals surface area (Å²) in [6, 6.07) is 6.43. The maximum Gasteiger partial charge on any atom is 0.419 e. The number of hydrogen-bond acceptors (Lipinski definition) is 6. The molecule has 11 heteroatoms. The van der Waals surface area contributed by atoms with Crippen molar-refractivity contribution in [2.75, 3.05) is 0 Å². The van der Waals surface area contributed by atoms with Crippen LogP contribution in [0.1, 0.15) is 27.6 Å². The van der Waals surface area contributed by atoms with Crippen LogP contribution in [0, 0.1) is 19.7 Å². The Morgan fingerprint density at radius 2 is 1.94 bits per heavy atom. The standard InChI is InChI=1S/C22H16F4N2O3S2/c1-10-5-16-15(28-19(31-16)8-20(29)30)7-17(10)32-9-18-11(2)27-21(33-18)12-3-4-13(14(23)6-12)22(24,25)26/h3-7H,8-9H2,1-2H3,(H,29,30). The third kappa shape index (κ3) is 5.03. The predicted octanol–water partition coefficient (Wildman–Crippen LogP) is 6.65. The number of fused-ring (bicyclic) bond motifs is 1. The largest absolute Gasteiger partial charge is 0.481 e. The minimum Gasteiger partial charge on any atom is -0.481 e. The van der Waals surface area contributed by atoms with E-state index in [1.54, 1.807) is 13.0 Å². The van der Waals surface area contributed by atoms with Crippen LogP contribution in [0.15, 0.2) is 39.6 Å². The fourth-order valence-corrected chi connectivity index (χ4v) is 5.41. The number of carboxylic acids is 1. The lowest BCUT2D eigenvalue weighted by atomic mass is 10.1. The van der Waals surface area contributed by atoms with Gasteiger partial charge < -0.3 is 9.52 Å². The van der Waals surface area contributed by atoms with E-state index in [-0.39, 0.29) is 17.9 Å². The highest BCUT2D eigenvalue weighted by Crippen LogP contribution is 2.37. The maximum absolute atomic E-state index is 14.0. The van der Waals surface area contributed by atoms with Crippen molar-refractivity contribution in [1.82, 2.24) is 9.97 Å². The molecule has 0 saturated carbocycles. The van der Waals surface area contributed by atoms with Crippen LogP contribution in [0.2, 0.25) is 0 Å². The lowest BCUT2D eigenvalue weighted by Crippen LogP contribution is -2.07. The first-order chi connectivity index (χ1) is 15.5. The Hall–Kier alpha value is -2.92. The number of benzene rings is 2. The maximum atomic E-state index is 14.0. The Morgan fingerprint density at radius 3 is 2.61 bits per heavy atom. The summed E-state index contributed by atoms with van der Waals surface area (Å²) in [4.78, 5) is 21.3. The molecule has 0 unspecified atom stereocenters. The summed E-state index contributed by atoms with van der Waals surface area (Å²) in [5.41, 5.74) is 1.69. The molecule has 0 bridgehead atoms. The molecule has 172 valence electrons. The molecular formula is C22H16F4N2O3S2. The van der Waals surface area contributed by atoms with E-state index in [4.69, 9.17) is 9.52 Å². The number of aromatic nitrogens is 2. The average Bonchev–Trinajstić information content (AvgIpc) is 3.26. The van der Waals surface area contributed by atoms with Crippen LogP contribution in [-0.4, -0.2) is 21.0 Å². The van der Waals surface area contributed by atoms with E-state index in [2.05, 4.69) is 9.97 Å². The highest BCUT2D eigenvalue weighted by molar-refractivity contribution is 7.98. The zero-order chi connectivity index (χ0) is 23.9. The van der Waals surface area contributed by atoms with Gasteiger partial charge >= 0.3 is 12.1 Å². The van der Waals surface area contributed by atoms with Crippen molar-refractivity contribution in [2.45, 2.75) is 37.1 Å². The van der Waals surface area contributed by atoms with Gasteiger partial charge in [-0.25, -0.2) is 14.4 Å². The molecule has 2 aromatic carbocycles. The first-order valence-electron chi connectivity index (χ1n) is 9.59. The second-order valence-electron chi connectivity index (χ2n) is 7.27. The molecule has 0 spiro atoms. The van der Waals surface area contributed by atoms with Gasteiger partial charge in [0.15, 0.2) is 5.58 Å². The Morgan fingerprint density at radius 1 is 1.18 bits per heavy atom. The molecule has 0 saturated heterocycles. The Bertz CT molecular complexity index is 1360. The molecule has 0 aliphatic heterocycles. The number of halogens is 4. The van der Waals surface area contributed by atoms with Crippen molar-refractivity contribution in [2.24, 2.45) is 0 Å². The minimum atomic E-state index is -4.75. The molecule has 0 fully saturated rings. The first kappa shape index (κ1) is 23.2. The molecule has 4 aromatic rings. The number of oxazole rings is 1. The number of hydrogen-bond donors (Lipinski definition) is 1. The normalized spacial score (nSPS) is 11.9. The zero-order valence-corrected chi connectivity index (χ0v) is 18.9. The molecule has 33 heavy (non-hydrogen) atoms. The van der Waals surface area contributed by atoms with Gasteiger partial charge in [-0.3, -0.25) is 4.79 Å². The number of carbonyl (C=O) groups is 1.